The first kappa shape index (κ1) is 14.2. The van der Waals surface area contributed by atoms with Gasteiger partial charge in [0.05, 0.1) is 6.42 Å². The summed E-state index contributed by atoms with van der Waals surface area (Å²) in [6.45, 7) is 0. The number of fused-ring (bicyclic) bond motifs is 1. The Morgan fingerprint density at radius 3 is 2.59 bits per heavy atom. The molecule has 2 amide bonds. The second-order valence-electron chi connectivity index (χ2n) is 5.31. The fraction of sp³-hybridized carbons (Fsp3) is 0.250. The van der Waals surface area contributed by atoms with Crippen LogP contribution in [0.3, 0.4) is 0 Å². The summed E-state index contributed by atoms with van der Waals surface area (Å²) >= 11 is 0. The van der Waals surface area contributed by atoms with Gasteiger partial charge in [0.25, 0.3) is 5.91 Å². The number of benzene rings is 1. The Hall–Kier alpha value is -2.76. The largest absolute Gasteiger partial charge is 0.504 e. The molecule has 1 unspecified atom stereocenters. The number of aliphatic hydroxyl groups is 1. The lowest BCUT2D eigenvalue weighted by molar-refractivity contribution is -0.135. The van der Waals surface area contributed by atoms with Crippen molar-refractivity contribution < 1.29 is 24.3 Å². The van der Waals surface area contributed by atoms with Gasteiger partial charge in [0.2, 0.25) is 5.91 Å². The summed E-state index contributed by atoms with van der Waals surface area (Å²) in [5.74, 6) is -2.79. The Kier molecular flexibility index (Phi) is 3.36. The second kappa shape index (κ2) is 5.22. The van der Waals surface area contributed by atoms with Crippen LogP contribution in [0.1, 0.15) is 28.8 Å². The molecule has 3 rings (SSSR count). The molecular formula is C16H13NO5. The normalized spacial score (nSPS) is 22.3. The Morgan fingerprint density at radius 1 is 1.09 bits per heavy atom. The van der Waals surface area contributed by atoms with Crippen molar-refractivity contribution >= 4 is 23.4 Å². The maximum Gasteiger partial charge on any atom is 0.261 e. The Bertz CT molecular complexity index is 734. The topological polar surface area (TPSA) is 91.8 Å². The van der Waals surface area contributed by atoms with E-state index in [9.17, 15) is 24.3 Å². The molecule has 22 heavy (non-hydrogen) atoms. The molecule has 6 heteroatoms. The van der Waals surface area contributed by atoms with E-state index in [1.165, 1.54) is 0 Å². The predicted octanol–water partition coefficient (Wildman–Crippen LogP) is 0.954. The first-order chi connectivity index (χ1) is 10.5. The highest BCUT2D eigenvalue weighted by Gasteiger charge is 2.39. The molecule has 1 aromatic carbocycles. The molecule has 1 N–H and O–H groups in total. The zero-order chi connectivity index (χ0) is 15.9. The molecule has 0 aromatic heterocycles. The Balaban J connectivity index is 1.98. The van der Waals surface area contributed by atoms with Crippen LogP contribution in [0.2, 0.25) is 0 Å². The molecule has 0 fully saturated rings. The number of ketones is 2. The number of allylic oxidation sites excluding steroid dienone is 1. The van der Waals surface area contributed by atoms with Crippen LogP contribution in [0.5, 0.6) is 0 Å². The molecule has 112 valence electrons. The molecular weight excluding hydrogens is 286 g/mol. The maximum absolute atomic E-state index is 12.5. The number of imide groups is 1. The number of carbonyl (C=O) groups excluding carboxylic acids is 4. The van der Waals surface area contributed by atoms with Gasteiger partial charge in [-0.2, -0.15) is 0 Å². The van der Waals surface area contributed by atoms with Crippen molar-refractivity contribution in [1.82, 2.24) is 4.90 Å². The minimum atomic E-state index is -1.04. The molecule has 6 nitrogen and oxygen atoms in total. The third-order valence-corrected chi connectivity index (χ3v) is 3.93. The standard InChI is InChI=1S/C16H13NO5/c18-12-6-5-11(13(19)8-14(12)20)17-15(21)7-9-3-1-2-4-10(9)16(17)22/h1-4,8,11,20H,5-7H2. The van der Waals surface area contributed by atoms with Crippen LogP contribution < -0.4 is 0 Å². The van der Waals surface area contributed by atoms with Gasteiger partial charge in [-0.25, -0.2) is 0 Å². The van der Waals surface area contributed by atoms with Gasteiger partial charge in [0, 0.05) is 18.1 Å². The number of hydrogen-bond donors (Lipinski definition) is 1. The van der Waals surface area contributed by atoms with E-state index in [0.717, 1.165) is 11.0 Å². The van der Waals surface area contributed by atoms with Crippen LogP contribution in [0.15, 0.2) is 36.1 Å². The maximum atomic E-state index is 12.5. The smallest absolute Gasteiger partial charge is 0.261 e. The number of rotatable bonds is 1. The molecule has 1 atom stereocenters. The lowest BCUT2D eigenvalue weighted by atomic mass is 9.95. The average molecular weight is 299 g/mol. The minimum absolute atomic E-state index is 0.0257. The zero-order valence-electron chi connectivity index (χ0n) is 11.6. The van der Waals surface area contributed by atoms with E-state index in [4.69, 9.17) is 0 Å². The van der Waals surface area contributed by atoms with E-state index in [0.29, 0.717) is 11.1 Å². The summed E-state index contributed by atoms with van der Waals surface area (Å²) < 4.78 is 0. The van der Waals surface area contributed by atoms with Crippen molar-refractivity contribution in [3.63, 3.8) is 0 Å². The number of Topliss-reactive ketones (excluding diaryl/α,β-unsaturated/α-hetero) is 1. The Labute approximate surface area is 126 Å². The van der Waals surface area contributed by atoms with Crippen LogP contribution in [-0.4, -0.2) is 39.4 Å². The summed E-state index contributed by atoms with van der Waals surface area (Å²) in [6.07, 6.45) is 0.783. The molecule has 0 radical (unpaired) electrons. The number of amides is 2. The van der Waals surface area contributed by atoms with Crippen molar-refractivity contribution in [3.05, 3.63) is 47.2 Å². The average Bonchev–Trinajstić information content (AvgIpc) is 2.60. The molecule has 1 aliphatic heterocycles. The minimum Gasteiger partial charge on any atom is -0.504 e. The van der Waals surface area contributed by atoms with Gasteiger partial charge >= 0.3 is 0 Å². The third-order valence-electron chi connectivity index (χ3n) is 3.93. The highest BCUT2D eigenvalue weighted by atomic mass is 16.3. The van der Waals surface area contributed by atoms with Crippen LogP contribution in [-0.2, 0) is 20.8 Å². The molecule has 0 saturated heterocycles. The first-order valence-electron chi connectivity index (χ1n) is 6.91. The monoisotopic (exact) mass is 299 g/mol. The highest BCUT2D eigenvalue weighted by Crippen LogP contribution is 2.25. The van der Waals surface area contributed by atoms with Crippen molar-refractivity contribution in [1.29, 1.82) is 0 Å². The quantitative estimate of drug-likeness (QED) is 0.780. The lowest BCUT2D eigenvalue weighted by Crippen LogP contribution is -2.51. The van der Waals surface area contributed by atoms with Crippen molar-refractivity contribution in [2.24, 2.45) is 0 Å². The lowest BCUT2D eigenvalue weighted by Gasteiger charge is -2.31. The number of aliphatic hydroxyl groups excluding tert-OH is 1. The molecule has 0 spiro atoms. The van der Waals surface area contributed by atoms with Crippen LogP contribution in [0, 0.1) is 0 Å². The van der Waals surface area contributed by atoms with Gasteiger partial charge in [0.1, 0.15) is 6.04 Å². The first-order valence-corrected chi connectivity index (χ1v) is 6.91. The van der Waals surface area contributed by atoms with Crippen molar-refractivity contribution in [2.75, 3.05) is 0 Å². The van der Waals surface area contributed by atoms with Gasteiger partial charge in [-0.05, 0) is 18.1 Å². The molecule has 0 bridgehead atoms. The molecule has 1 aromatic rings. The molecule has 2 aliphatic rings. The third kappa shape index (κ3) is 2.22. The molecule has 1 heterocycles. The number of hydrogen-bond acceptors (Lipinski definition) is 5. The zero-order valence-corrected chi connectivity index (χ0v) is 11.6. The summed E-state index contributed by atoms with van der Waals surface area (Å²) in [6, 6.07) is 5.70. The van der Waals surface area contributed by atoms with Gasteiger partial charge in [-0.3, -0.25) is 24.1 Å². The fourth-order valence-electron chi connectivity index (χ4n) is 2.80. The highest BCUT2D eigenvalue weighted by molar-refractivity contribution is 6.14. The SMILES string of the molecule is O=C1CCC(N2C(=O)Cc3ccccc3C2=O)C(=O)C=C1O. The molecule has 1 aliphatic carbocycles. The van der Waals surface area contributed by atoms with Gasteiger partial charge in [-0.15, -0.1) is 0 Å². The number of nitrogens with zero attached hydrogens (tertiary/aromatic N) is 1. The van der Waals surface area contributed by atoms with E-state index in [2.05, 4.69) is 0 Å². The van der Waals surface area contributed by atoms with Crippen LogP contribution in [0.4, 0.5) is 0 Å². The summed E-state index contributed by atoms with van der Waals surface area (Å²) in [5, 5.41) is 9.44. The van der Waals surface area contributed by atoms with E-state index < -0.39 is 35.2 Å². The summed E-state index contributed by atoms with van der Waals surface area (Å²) in [4.78, 5) is 49.4. The molecule has 0 saturated carbocycles. The van der Waals surface area contributed by atoms with Crippen LogP contribution >= 0.6 is 0 Å². The van der Waals surface area contributed by atoms with Crippen molar-refractivity contribution in [2.45, 2.75) is 25.3 Å². The van der Waals surface area contributed by atoms with E-state index in [1.54, 1.807) is 24.3 Å². The summed E-state index contributed by atoms with van der Waals surface area (Å²) in [5.41, 5.74) is 1.02. The number of carbonyl (C=O) groups is 4. The van der Waals surface area contributed by atoms with E-state index >= 15 is 0 Å². The predicted molar refractivity (Wildman–Crippen MR) is 75.1 cm³/mol. The summed E-state index contributed by atoms with van der Waals surface area (Å²) in [7, 11) is 0. The van der Waals surface area contributed by atoms with Gasteiger partial charge < -0.3 is 5.11 Å². The van der Waals surface area contributed by atoms with E-state index in [-0.39, 0.29) is 19.3 Å². The Morgan fingerprint density at radius 2 is 1.82 bits per heavy atom. The second-order valence-corrected chi connectivity index (χ2v) is 5.31. The van der Waals surface area contributed by atoms with E-state index in [1.807, 2.05) is 0 Å². The van der Waals surface area contributed by atoms with Crippen LogP contribution in [0.25, 0.3) is 0 Å². The van der Waals surface area contributed by atoms with Crippen molar-refractivity contribution in [3.8, 4) is 0 Å². The fourth-order valence-corrected chi connectivity index (χ4v) is 2.80. The van der Waals surface area contributed by atoms with Gasteiger partial charge in [0.15, 0.2) is 17.3 Å². The van der Waals surface area contributed by atoms with Gasteiger partial charge in [-0.1, -0.05) is 18.2 Å².